The fraction of sp³-hybridized carbons (Fsp3) is 0.125. The first-order valence-electron chi connectivity index (χ1n) is 6.56. The molecule has 0 spiro atoms. The van der Waals surface area contributed by atoms with Gasteiger partial charge in [-0.25, -0.2) is 0 Å². The van der Waals surface area contributed by atoms with Crippen LogP contribution in [0.1, 0.15) is 11.1 Å². The third-order valence-corrected chi connectivity index (χ3v) is 2.81. The maximum absolute atomic E-state index is 10.7. The first kappa shape index (κ1) is 15.4. The van der Waals surface area contributed by atoms with Crippen LogP contribution in [0.4, 0.5) is 11.4 Å². The Morgan fingerprint density at radius 2 is 1.18 bits per heavy atom. The predicted octanol–water partition coefficient (Wildman–Crippen LogP) is 3.36. The number of aliphatic carboxylic acids is 2. The molecule has 0 radical (unpaired) electrons. The zero-order chi connectivity index (χ0) is 15.9. The van der Waals surface area contributed by atoms with Gasteiger partial charge in [0.15, 0.2) is 0 Å². The zero-order valence-corrected chi connectivity index (χ0v) is 11.6. The summed E-state index contributed by atoms with van der Waals surface area (Å²) < 4.78 is 0. The lowest BCUT2D eigenvalue weighted by Gasteiger charge is -2.00. The third kappa shape index (κ3) is 4.82. The van der Waals surface area contributed by atoms with Crippen molar-refractivity contribution in [3.8, 4) is 0 Å². The van der Waals surface area contributed by atoms with E-state index < -0.39 is 11.9 Å². The summed E-state index contributed by atoms with van der Waals surface area (Å²) in [6, 6.07) is 13.6. The normalized spacial score (nSPS) is 10.7. The SMILES string of the molecule is O=C(O)Cc1cccc(N=Nc2cccc(CC(=O)O)c2)c1. The molecule has 0 atom stereocenters. The summed E-state index contributed by atoms with van der Waals surface area (Å²) in [6.45, 7) is 0. The highest BCUT2D eigenvalue weighted by Crippen LogP contribution is 2.20. The Labute approximate surface area is 126 Å². The molecule has 0 saturated heterocycles. The summed E-state index contributed by atoms with van der Waals surface area (Å²) >= 11 is 0. The smallest absolute Gasteiger partial charge is 0.307 e. The number of carbonyl (C=O) groups is 2. The lowest BCUT2D eigenvalue weighted by atomic mass is 10.1. The van der Waals surface area contributed by atoms with E-state index in [0.29, 0.717) is 22.5 Å². The summed E-state index contributed by atoms with van der Waals surface area (Å²) in [7, 11) is 0. The van der Waals surface area contributed by atoms with E-state index in [1.165, 1.54) is 0 Å². The Balaban J connectivity index is 2.14. The Morgan fingerprint density at radius 3 is 1.55 bits per heavy atom. The molecule has 2 N–H and O–H groups in total. The average molecular weight is 298 g/mol. The van der Waals surface area contributed by atoms with Crippen LogP contribution in [0.2, 0.25) is 0 Å². The molecule has 112 valence electrons. The molecule has 0 aliphatic heterocycles. The van der Waals surface area contributed by atoms with E-state index in [0.717, 1.165) is 0 Å². The molecule has 0 bridgehead atoms. The molecular formula is C16H14N2O4. The van der Waals surface area contributed by atoms with Crippen molar-refractivity contribution in [1.82, 2.24) is 0 Å². The van der Waals surface area contributed by atoms with Gasteiger partial charge in [0.05, 0.1) is 24.2 Å². The standard InChI is InChI=1S/C16H14N2O4/c19-15(20)9-11-3-1-5-13(7-11)17-18-14-6-2-4-12(8-14)10-16(21)22/h1-8H,9-10H2,(H,19,20)(H,21,22). The maximum Gasteiger partial charge on any atom is 0.307 e. The molecule has 2 aromatic rings. The van der Waals surface area contributed by atoms with Crippen molar-refractivity contribution in [3.63, 3.8) is 0 Å². The molecule has 0 saturated carbocycles. The van der Waals surface area contributed by atoms with E-state index in [9.17, 15) is 9.59 Å². The summed E-state index contributed by atoms with van der Waals surface area (Å²) in [5.41, 5.74) is 2.37. The van der Waals surface area contributed by atoms with Gasteiger partial charge in [0.25, 0.3) is 0 Å². The molecular weight excluding hydrogens is 284 g/mol. The van der Waals surface area contributed by atoms with Crippen LogP contribution >= 0.6 is 0 Å². The maximum atomic E-state index is 10.7. The molecule has 0 aromatic heterocycles. The van der Waals surface area contributed by atoms with Crippen molar-refractivity contribution in [2.45, 2.75) is 12.8 Å². The van der Waals surface area contributed by atoms with Crippen LogP contribution in [0.15, 0.2) is 58.8 Å². The van der Waals surface area contributed by atoms with Gasteiger partial charge in [-0.3, -0.25) is 9.59 Å². The van der Waals surface area contributed by atoms with Gasteiger partial charge in [0.2, 0.25) is 0 Å². The van der Waals surface area contributed by atoms with Gasteiger partial charge in [-0.15, -0.1) is 0 Å². The Kier molecular flexibility index (Phi) is 4.98. The number of hydrogen-bond donors (Lipinski definition) is 2. The molecule has 2 rings (SSSR count). The Bertz CT molecular complexity index is 664. The molecule has 0 aliphatic rings. The minimum atomic E-state index is -0.907. The van der Waals surface area contributed by atoms with Crippen molar-refractivity contribution < 1.29 is 19.8 Å². The van der Waals surface area contributed by atoms with Crippen molar-refractivity contribution in [2.75, 3.05) is 0 Å². The highest BCUT2D eigenvalue weighted by molar-refractivity contribution is 5.71. The van der Waals surface area contributed by atoms with Crippen LogP contribution in [-0.4, -0.2) is 22.2 Å². The summed E-state index contributed by atoms with van der Waals surface area (Å²) in [5.74, 6) is -1.81. The summed E-state index contributed by atoms with van der Waals surface area (Å²) in [6.07, 6.45) is -0.144. The van der Waals surface area contributed by atoms with Crippen LogP contribution in [-0.2, 0) is 22.4 Å². The minimum Gasteiger partial charge on any atom is -0.481 e. The van der Waals surface area contributed by atoms with Crippen molar-refractivity contribution in [1.29, 1.82) is 0 Å². The first-order valence-corrected chi connectivity index (χ1v) is 6.56. The number of hydrogen-bond acceptors (Lipinski definition) is 4. The quantitative estimate of drug-likeness (QED) is 0.799. The summed E-state index contributed by atoms with van der Waals surface area (Å²) in [5, 5.41) is 25.6. The van der Waals surface area contributed by atoms with Crippen molar-refractivity contribution >= 4 is 23.3 Å². The predicted molar refractivity (Wildman–Crippen MR) is 79.7 cm³/mol. The molecule has 2 aromatic carbocycles. The van der Waals surface area contributed by atoms with Gasteiger partial charge in [-0.2, -0.15) is 10.2 Å². The number of rotatable bonds is 6. The molecule has 0 fully saturated rings. The molecule has 0 heterocycles. The van der Waals surface area contributed by atoms with E-state index in [1.807, 2.05) is 0 Å². The Hall–Kier alpha value is -3.02. The monoisotopic (exact) mass is 298 g/mol. The number of benzene rings is 2. The second-order valence-corrected chi connectivity index (χ2v) is 4.68. The molecule has 0 aliphatic carbocycles. The molecule has 0 amide bonds. The molecule has 0 unspecified atom stereocenters. The van der Waals surface area contributed by atoms with Crippen LogP contribution < -0.4 is 0 Å². The topological polar surface area (TPSA) is 99.3 Å². The second kappa shape index (κ2) is 7.12. The third-order valence-electron chi connectivity index (χ3n) is 2.81. The highest BCUT2D eigenvalue weighted by atomic mass is 16.4. The number of azo groups is 1. The zero-order valence-electron chi connectivity index (χ0n) is 11.6. The van der Waals surface area contributed by atoms with E-state index >= 15 is 0 Å². The van der Waals surface area contributed by atoms with E-state index in [1.54, 1.807) is 48.5 Å². The molecule has 22 heavy (non-hydrogen) atoms. The minimum absolute atomic E-state index is 0.0720. The van der Waals surface area contributed by atoms with Crippen molar-refractivity contribution in [2.24, 2.45) is 10.2 Å². The number of carboxylic acid groups (broad SMARTS) is 2. The van der Waals surface area contributed by atoms with Crippen LogP contribution in [0, 0.1) is 0 Å². The van der Waals surface area contributed by atoms with Gasteiger partial charge in [0, 0.05) is 0 Å². The van der Waals surface area contributed by atoms with Gasteiger partial charge >= 0.3 is 11.9 Å². The number of nitrogens with zero attached hydrogens (tertiary/aromatic N) is 2. The Morgan fingerprint density at radius 1 is 0.773 bits per heavy atom. The van der Waals surface area contributed by atoms with Crippen LogP contribution in [0.5, 0.6) is 0 Å². The number of carboxylic acids is 2. The lowest BCUT2D eigenvalue weighted by molar-refractivity contribution is -0.137. The fourth-order valence-electron chi connectivity index (χ4n) is 1.92. The van der Waals surface area contributed by atoms with Gasteiger partial charge in [-0.05, 0) is 35.4 Å². The average Bonchev–Trinajstić information content (AvgIpc) is 2.44. The van der Waals surface area contributed by atoms with E-state index in [4.69, 9.17) is 10.2 Å². The van der Waals surface area contributed by atoms with Gasteiger partial charge < -0.3 is 10.2 Å². The largest absolute Gasteiger partial charge is 0.481 e. The van der Waals surface area contributed by atoms with E-state index in [-0.39, 0.29) is 12.8 Å². The first-order chi connectivity index (χ1) is 10.5. The lowest BCUT2D eigenvalue weighted by Crippen LogP contribution is -1.99. The van der Waals surface area contributed by atoms with Gasteiger partial charge in [-0.1, -0.05) is 24.3 Å². The second-order valence-electron chi connectivity index (χ2n) is 4.68. The molecule has 6 nitrogen and oxygen atoms in total. The fourth-order valence-corrected chi connectivity index (χ4v) is 1.92. The van der Waals surface area contributed by atoms with E-state index in [2.05, 4.69) is 10.2 Å². The summed E-state index contributed by atoms with van der Waals surface area (Å²) in [4.78, 5) is 21.4. The van der Waals surface area contributed by atoms with Gasteiger partial charge in [0.1, 0.15) is 0 Å². The van der Waals surface area contributed by atoms with Crippen molar-refractivity contribution in [3.05, 3.63) is 59.7 Å². The highest BCUT2D eigenvalue weighted by Gasteiger charge is 2.02. The molecule has 6 heteroatoms. The van der Waals surface area contributed by atoms with Crippen LogP contribution in [0.25, 0.3) is 0 Å². The van der Waals surface area contributed by atoms with Crippen LogP contribution in [0.3, 0.4) is 0 Å².